The van der Waals surface area contributed by atoms with Gasteiger partial charge in [0.15, 0.2) is 0 Å². The fourth-order valence-corrected chi connectivity index (χ4v) is 4.51. The van der Waals surface area contributed by atoms with E-state index in [9.17, 15) is 0 Å². The summed E-state index contributed by atoms with van der Waals surface area (Å²) in [4.78, 5) is 0. The number of hydrogen-bond donors (Lipinski definition) is 0. The van der Waals surface area contributed by atoms with Gasteiger partial charge in [-0.3, -0.25) is 0 Å². The summed E-state index contributed by atoms with van der Waals surface area (Å²) in [5.74, 6) is 0. The van der Waals surface area contributed by atoms with Crippen molar-refractivity contribution in [1.29, 1.82) is 0 Å². The van der Waals surface area contributed by atoms with Gasteiger partial charge in [0, 0.05) is 9.52 Å². The van der Waals surface area contributed by atoms with Gasteiger partial charge in [-0.15, -0.1) is 69.1 Å². The molecule has 0 fully saturated rings. The fourth-order valence-electron chi connectivity index (χ4n) is 4.51. The van der Waals surface area contributed by atoms with Crippen LogP contribution < -0.4 is 24.8 Å². The number of hydrogen-bond acceptors (Lipinski definition) is 0. The van der Waals surface area contributed by atoms with Gasteiger partial charge >= 0.3 is 26.2 Å². The van der Waals surface area contributed by atoms with Crippen molar-refractivity contribution >= 4 is 31.1 Å². The SMILES string of the molecule is C[Si]C.Cc1cc2c(-c3ccccc3)cccc2[cH-]1.Cc1cc2c(-c3ccccc3)cccc2[cH-]1.[CH2-]C.[CH2-]C.[Cl-].[Cl-].[Zr+2]. The van der Waals surface area contributed by atoms with Crippen LogP contribution in [0.3, 0.4) is 0 Å². The Kier molecular flexibility index (Phi) is 23.2. The molecule has 2 radical (unpaired) electrons. The van der Waals surface area contributed by atoms with E-state index < -0.39 is 0 Å². The third kappa shape index (κ3) is 11.8. The van der Waals surface area contributed by atoms with Crippen LogP contribution in [0.2, 0.25) is 13.1 Å². The van der Waals surface area contributed by atoms with E-state index in [0.29, 0.717) is 0 Å². The van der Waals surface area contributed by atoms with Crippen molar-refractivity contribution < 1.29 is 51.0 Å². The topological polar surface area (TPSA) is 0 Å². The molecule has 0 nitrogen and oxygen atoms in total. The van der Waals surface area contributed by atoms with Crippen molar-refractivity contribution in [3.63, 3.8) is 0 Å². The van der Waals surface area contributed by atoms with Gasteiger partial charge in [-0.2, -0.15) is 26.0 Å². The maximum atomic E-state index is 3.25. The van der Waals surface area contributed by atoms with Gasteiger partial charge in [-0.25, -0.2) is 0 Å². The molecule has 6 rings (SSSR count). The molecule has 4 heteroatoms. The number of benzene rings is 4. The molecular formula is C38H42Cl2SiZr-4. The number of aryl methyl sites for hydroxylation is 2. The maximum Gasteiger partial charge on any atom is 2.00 e. The summed E-state index contributed by atoms with van der Waals surface area (Å²) in [7, 11) is 1.08. The predicted octanol–water partition coefficient (Wildman–Crippen LogP) is 5.54. The Morgan fingerprint density at radius 2 is 0.810 bits per heavy atom. The minimum atomic E-state index is 0. The molecule has 0 bridgehead atoms. The van der Waals surface area contributed by atoms with Crippen LogP contribution in [0, 0.1) is 27.7 Å². The van der Waals surface area contributed by atoms with E-state index in [1.165, 1.54) is 54.9 Å². The van der Waals surface area contributed by atoms with Crippen molar-refractivity contribution in [2.45, 2.75) is 40.8 Å². The third-order valence-corrected chi connectivity index (χ3v) is 5.96. The average Bonchev–Trinajstić information content (AvgIpc) is 3.57. The largest absolute Gasteiger partial charge is 2.00 e. The van der Waals surface area contributed by atoms with Crippen LogP contribution in [0.4, 0.5) is 0 Å². The number of halogens is 2. The normalized spacial score (nSPS) is 8.95. The molecule has 220 valence electrons. The predicted molar refractivity (Wildman–Crippen MR) is 179 cm³/mol. The zero-order valence-corrected chi connectivity index (χ0v) is 30.7. The van der Waals surface area contributed by atoms with Gasteiger partial charge in [0.05, 0.1) is 0 Å². The Morgan fingerprint density at radius 3 is 1.12 bits per heavy atom. The number of fused-ring (bicyclic) bond motifs is 2. The van der Waals surface area contributed by atoms with E-state index in [1.54, 1.807) is 13.8 Å². The molecule has 0 unspecified atom stereocenters. The van der Waals surface area contributed by atoms with Gasteiger partial charge in [0.2, 0.25) is 0 Å². The van der Waals surface area contributed by atoms with E-state index in [4.69, 9.17) is 0 Å². The molecule has 0 aromatic heterocycles. The Bertz CT molecular complexity index is 1390. The van der Waals surface area contributed by atoms with Crippen LogP contribution in [0.5, 0.6) is 0 Å². The Labute approximate surface area is 289 Å². The van der Waals surface area contributed by atoms with Crippen LogP contribution in [0.15, 0.2) is 121 Å². The van der Waals surface area contributed by atoms with Gasteiger partial charge in [-0.1, -0.05) is 111 Å². The molecule has 0 aliphatic rings. The molecule has 0 N–H and O–H groups in total. The van der Waals surface area contributed by atoms with Gasteiger partial charge in [-0.05, 0) is 11.1 Å². The monoisotopic (exact) mass is 686 g/mol. The molecule has 42 heavy (non-hydrogen) atoms. The Balaban J connectivity index is 0. The summed E-state index contributed by atoms with van der Waals surface area (Å²) in [6.07, 6.45) is 0. The van der Waals surface area contributed by atoms with Gasteiger partial charge in [0.1, 0.15) is 0 Å². The first-order chi connectivity index (χ1) is 19.1. The van der Waals surface area contributed by atoms with Crippen molar-refractivity contribution in [3.8, 4) is 22.3 Å². The second-order valence-electron chi connectivity index (χ2n) is 8.91. The van der Waals surface area contributed by atoms with Crippen molar-refractivity contribution in [2.75, 3.05) is 0 Å². The van der Waals surface area contributed by atoms with Crippen LogP contribution in [0.1, 0.15) is 25.0 Å². The van der Waals surface area contributed by atoms with Crippen LogP contribution >= 0.6 is 0 Å². The Morgan fingerprint density at radius 1 is 0.500 bits per heavy atom. The first kappa shape index (κ1) is 41.9. The maximum absolute atomic E-state index is 3.25. The standard InChI is InChI=1S/2C16H13.C2H6Si.2C2H5.2ClH.Zr/c2*1-12-10-14-8-5-9-15(16(14)11-12)13-6-3-2-4-7-13;1-3-2;2*1-2;;;/h2*2-11H,1H3;1-2H3;2*1H2,2H3;2*1H;/q2*-1;;2*-1;;;+2/p-2. The van der Waals surface area contributed by atoms with E-state index in [1.807, 2.05) is 0 Å². The summed E-state index contributed by atoms with van der Waals surface area (Å²) in [5, 5.41) is 5.37. The minimum Gasteiger partial charge on any atom is -1.00 e. The molecule has 6 aromatic carbocycles. The second kappa shape index (κ2) is 23.3. The minimum absolute atomic E-state index is 0. The van der Waals surface area contributed by atoms with E-state index in [-0.39, 0.29) is 51.0 Å². The number of rotatable bonds is 2. The third-order valence-electron chi connectivity index (χ3n) is 5.96. The summed E-state index contributed by atoms with van der Waals surface area (Å²) in [5.41, 5.74) is 7.89. The van der Waals surface area contributed by atoms with Crippen molar-refractivity contribution in [2.24, 2.45) is 0 Å². The van der Waals surface area contributed by atoms with Gasteiger partial charge < -0.3 is 38.7 Å². The van der Waals surface area contributed by atoms with Crippen LogP contribution in [-0.2, 0) is 26.2 Å². The van der Waals surface area contributed by atoms with Crippen molar-refractivity contribution in [3.05, 3.63) is 146 Å². The summed E-state index contributed by atoms with van der Waals surface area (Å²) in [6.45, 7) is 18.6. The fraction of sp³-hybridized carbons (Fsp3) is 0.158. The first-order valence-corrected chi connectivity index (χ1v) is 15.5. The van der Waals surface area contributed by atoms with Gasteiger partial charge in [0.25, 0.3) is 0 Å². The molecule has 0 amide bonds. The van der Waals surface area contributed by atoms with Crippen LogP contribution in [0.25, 0.3) is 43.8 Å². The zero-order chi connectivity index (χ0) is 28.6. The van der Waals surface area contributed by atoms with Crippen molar-refractivity contribution in [1.82, 2.24) is 0 Å². The quantitative estimate of drug-likeness (QED) is 0.166. The molecule has 6 aromatic rings. The molecule has 0 aliphatic carbocycles. The average molecular weight is 689 g/mol. The van der Waals surface area contributed by atoms with E-state index in [0.717, 1.165) is 9.52 Å². The summed E-state index contributed by atoms with van der Waals surface area (Å²) in [6, 6.07) is 43.1. The molecule has 0 saturated heterocycles. The van der Waals surface area contributed by atoms with E-state index >= 15 is 0 Å². The first-order valence-electron chi connectivity index (χ1n) is 13.5. The Hall–Kier alpha value is -2.22. The summed E-state index contributed by atoms with van der Waals surface area (Å²) >= 11 is 0. The second-order valence-corrected chi connectivity index (χ2v) is 9.91. The van der Waals surface area contributed by atoms with Crippen LogP contribution in [-0.4, -0.2) is 9.52 Å². The molecule has 0 saturated carbocycles. The summed E-state index contributed by atoms with van der Waals surface area (Å²) < 4.78 is 0. The molecule has 0 atom stereocenters. The van der Waals surface area contributed by atoms with E-state index in [2.05, 4.69) is 162 Å². The molecule has 0 heterocycles. The molecular weight excluding hydrogens is 647 g/mol. The molecule has 0 aliphatic heterocycles. The zero-order valence-electron chi connectivity index (χ0n) is 25.7. The smallest absolute Gasteiger partial charge is 1.00 e. The molecule has 0 spiro atoms.